The average molecular weight is 362 g/mol. The van der Waals surface area contributed by atoms with Crippen molar-refractivity contribution in [3.05, 3.63) is 0 Å². The fraction of sp³-hybridized carbons (Fsp3) is 0.882. The Morgan fingerprint density at radius 1 is 1.04 bits per heavy atom. The van der Waals surface area contributed by atoms with Crippen molar-refractivity contribution in [2.24, 2.45) is 5.92 Å². The smallest absolute Gasteiger partial charge is 0.407 e. The molecule has 0 spiro atoms. The molecule has 0 saturated heterocycles. The molecule has 0 bridgehead atoms. The van der Waals surface area contributed by atoms with Crippen LogP contribution in [0.4, 0.5) is 4.79 Å². The molecule has 24 heavy (non-hydrogen) atoms. The van der Waals surface area contributed by atoms with Gasteiger partial charge in [-0.25, -0.2) is 4.79 Å². The zero-order valence-corrected chi connectivity index (χ0v) is 17.8. The first-order valence-electron chi connectivity index (χ1n) is 8.38. The van der Waals surface area contributed by atoms with E-state index in [2.05, 4.69) is 39.2 Å². The van der Waals surface area contributed by atoms with Crippen molar-refractivity contribution in [2.45, 2.75) is 91.3 Å². The Hall–Kier alpha value is -1.08. The Bertz CT molecular complexity index is 451. The van der Waals surface area contributed by atoms with Gasteiger partial charge in [-0.15, -0.1) is 0 Å². The number of ether oxygens (including phenoxy) is 1. The maximum atomic E-state index is 12.0. The molecular formula is C17H35NO5Si. The molecule has 0 heterocycles. The minimum Gasteiger partial charge on any atom is -0.481 e. The van der Waals surface area contributed by atoms with Gasteiger partial charge in [0.05, 0.1) is 18.1 Å². The first kappa shape index (κ1) is 22.9. The van der Waals surface area contributed by atoms with Crippen LogP contribution in [0.25, 0.3) is 0 Å². The lowest BCUT2D eigenvalue weighted by atomic mass is 9.99. The van der Waals surface area contributed by atoms with Crippen molar-refractivity contribution in [1.29, 1.82) is 0 Å². The molecular weight excluding hydrogens is 326 g/mol. The first-order chi connectivity index (χ1) is 10.5. The summed E-state index contributed by atoms with van der Waals surface area (Å²) in [6.07, 6.45) is -1.20. The number of hydrogen-bond donors (Lipinski definition) is 2. The molecule has 0 fully saturated rings. The topological polar surface area (TPSA) is 84.9 Å². The minimum atomic E-state index is -2.19. The van der Waals surface area contributed by atoms with Gasteiger partial charge in [0.2, 0.25) is 0 Å². The maximum absolute atomic E-state index is 12.0. The van der Waals surface area contributed by atoms with Crippen LogP contribution >= 0.6 is 0 Å². The van der Waals surface area contributed by atoms with Crippen LogP contribution in [0.2, 0.25) is 18.1 Å². The fourth-order valence-electron chi connectivity index (χ4n) is 1.87. The Kier molecular flexibility index (Phi) is 7.51. The summed E-state index contributed by atoms with van der Waals surface area (Å²) in [6.45, 7) is 19.1. The van der Waals surface area contributed by atoms with E-state index in [1.165, 1.54) is 0 Å². The van der Waals surface area contributed by atoms with E-state index in [1.54, 1.807) is 34.6 Å². The number of hydrogen-bond acceptors (Lipinski definition) is 4. The van der Waals surface area contributed by atoms with Gasteiger partial charge in [0.1, 0.15) is 5.60 Å². The molecule has 0 aliphatic carbocycles. The second-order valence-corrected chi connectivity index (χ2v) is 13.7. The van der Waals surface area contributed by atoms with Crippen molar-refractivity contribution in [1.82, 2.24) is 5.32 Å². The molecule has 0 saturated carbocycles. The summed E-state index contributed by atoms with van der Waals surface area (Å²) in [6, 6.07) is -0.486. The van der Waals surface area contributed by atoms with E-state index in [0.29, 0.717) is 0 Å². The van der Waals surface area contributed by atoms with Gasteiger partial charge < -0.3 is 19.6 Å². The van der Waals surface area contributed by atoms with E-state index < -0.39 is 44.0 Å². The number of carbonyl (C=O) groups is 2. The summed E-state index contributed by atoms with van der Waals surface area (Å²) in [5, 5.41) is 12.1. The highest BCUT2D eigenvalue weighted by molar-refractivity contribution is 6.74. The van der Waals surface area contributed by atoms with Crippen molar-refractivity contribution < 1.29 is 23.9 Å². The van der Waals surface area contributed by atoms with E-state index in [1.807, 2.05) is 0 Å². The van der Waals surface area contributed by atoms with Crippen molar-refractivity contribution in [3.63, 3.8) is 0 Å². The molecule has 2 N–H and O–H groups in total. The van der Waals surface area contributed by atoms with E-state index in [9.17, 15) is 14.7 Å². The van der Waals surface area contributed by atoms with Crippen LogP contribution in [0.5, 0.6) is 0 Å². The monoisotopic (exact) mass is 361 g/mol. The first-order valence-corrected chi connectivity index (χ1v) is 11.3. The standard InChI is InChI=1S/C17H35NO5Si/c1-11(14(19)20)13(23-24(9,10)17(6,7)8)12(2)18-15(21)22-16(3,4)5/h11-13H,1-10H3,(H,18,21)(H,19,20)/t11-,12+,13-/m0/s1. The zero-order valence-electron chi connectivity index (χ0n) is 16.8. The number of rotatable bonds is 6. The third kappa shape index (κ3) is 7.21. The molecule has 1 amide bonds. The molecule has 0 aromatic carbocycles. The normalized spacial score (nSPS) is 16.9. The SMILES string of the molecule is C[C@H](C(=O)O)[C@H](O[Si](C)(C)C(C)(C)C)[C@@H](C)NC(=O)OC(C)(C)C. The molecule has 3 atom stereocenters. The van der Waals surface area contributed by atoms with Crippen molar-refractivity contribution >= 4 is 20.4 Å². The van der Waals surface area contributed by atoms with Crippen molar-refractivity contribution in [3.8, 4) is 0 Å². The van der Waals surface area contributed by atoms with Crippen LogP contribution in [0.3, 0.4) is 0 Å². The number of carboxylic acids is 1. The van der Waals surface area contributed by atoms with Crippen LogP contribution in [0, 0.1) is 5.92 Å². The Labute approximate surface area is 147 Å². The molecule has 0 aliphatic rings. The highest BCUT2D eigenvalue weighted by Gasteiger charge is 2.43. The summed E-state index contributed by atoms with van der Waals surface area (Å²) in [4.78, 5) is 23.5. The molecule has 0 aromatic heterocycles. The van der Waals surface area contributed by atoms with Gasteiger partial charge in [0, 0.05) is 0 Å². The van der Waals surface area contributed by atoms with Gasteiger partial charge in [0.25, 0.3) is 0 Å². The van der Waals surface area contributed by atoms with Gasteiger partial charge in [0.15, 0.2) is 8.32 Å². The quantitative estimate of drug-likeness (QED) is 0.698. The zero-order chi connectivity index (χ0) is 19.5. The van der Waals surface area contributed by atoms with Gasteiger partial charge in [-0.3, -0.25) is 4.79 Å². The van der Waals surface area contributed by atoms with Crippen LogP contribution < -0.4 is 5.32 Å². The largest absolute Gasteiger partial charge is 0.481 e. The lowest BCUT2D eigenvalue weighted by Gasteiger charge is -2.42. The third-order valence-electron chi connectivity index (χ3n) is 4.36. The number of amides is 1. The lowest BCUT2D eigenvalue weighted by Crippen LogP contribution is -2.54. The molecule has 0 unspecified atom stereocenters. The number of carboxylic acid groups (broad SMARTS) is 1. The number of carbonyl (C=O) groups excluding carboxylic acids is 1. The summed E-state index contributed by atoms with van der Waals surface area (Å²) in [5.41, 5.74) is -0.613. The molecule has 0 radical (unpaired) electrons. The average Bonchev–Trinajstić information content (AvgIpc) is 2.30. The van der Waals surface area contributed by atoms with E-state index >= 15 is 0 Å². The molecule has 142 valence electrons. The summed E-state index contributed by atoms with van der Waals surface area (Å²) in [7, 11) is -2.19. The Morgan fingerprint density at radius 3 is 1.83 bits per heavy atom. The number of aliphatic carboxylic acids is 1. The Morgan fingerprint density at radius 2 is 1.50 bits per heavy atom. The molecule has 0 aromatic rings. The van der Waals surface area contributed by atoms with E-state index in [4.69, 9.17) is 9.16 Å². The molecule has 0 rings (SSSR count). The maximum Gasteiger partial charge on any atom is 0.407 e. The van der Waals surface area contributed by atoms with Gasteiger partial charge >= 0.3 is 12.1 Å². The second kappa shape index (κ2) is 7.87. The number of nitrogens with one attached hydrogen (secondary N) is 1. The second-order valence-electron chi connectivity index (χ2n) is 8.90. The van der Waals surface area contributed by atoms with Gasteiger partial charge in [-0.2, -0.15) is 0 Å². The van der Waals surface area contributed by atoms with Gasteiger partial charge in [-0.05, 0) is 52.8 Å². The highest BCUT2D eigenvalue weighted by Crippen LogP contribution is 2.38. The fourth-order valence-corrected chi connectivity index (χ4v) is 3.31. The minimum absolute atomic E-state index is 0.0604. The summed E-state index contributed by atoms with van der Waals surface area (Å²) < 4.78 is 11.6. The summed E-state index contributed by atoms with van der Waals surface area (Å²) >= 11 is 0. The van der Waals surface area contributed by atoms with E-state index in [-0.39, 0.29) is 5.04 Å². The molecule has 0 aliphatic heterocycles. The van der Waals surface area contributed by atoms with Crippen LogP contribution in [0.15, 0.2) is 0 Å². The summed E-state index contributed by atoms with van der Waals surface area (Å²) in [5.74, 6) is -1.69. The van der Waals surface area contributed by atoms with Crippen LogP contribution in [-0.4, -0.2) is 43.2 Å². The lowest BCUT2D eigenvalue weighted by molar-refractivity contribution is -0.145. The Balaban J connectivity index is 5.29. The molecule has 7 heteroatoms. The highest BCUT2D eigenvalue weighted by atomic mass is 28.4. The third-order valence-corrected chi connectivity index (χ3v) is 8.83. The van der Waals surface area contributed by atoms with Crippen LogP contribution in [0.1, 0.15) is 55.4 Å². The van der Waals surface area contributed by atoms with Crippen LogP contribution in [-0.2, 0) is 14.0 Å². The predicted molar refractivity (Wildman–Crippen MR) is 97.7 cm³/mol. The molecule has 6 nitrogen and oxygen atoms in total. The number of alkyl carbamates (subject to hydrolysis) is 1. The van der Waals surface area contributed by atoms with Gasteiger partial charge in [-0.1, -0.05) is 20.8 Å². The van der Waals surface area contributed by atoms with Crippen molar-refractivity contribution in [2.75, 3.05) is 0 Å². The van der Waals surface area contributed by atoms with E-state index in [0.717, 1.165) is 0 Å². The predicted octanol–water partition coefficient (Wildman–Crippen LogP) is 4.01.